The van der Waals surface area contributed by atoms with Gasteiger partial charge in [0.15, 0.2) is 5.11 Å². The molecular formula is C18H26N4S. The Hall–Kier alpha value is -1.88. The number of benzene rings is 1. The van der Waals surface area contributed by atoms with E-state index in [-0.39, 0.29) is 0 Å². The van der Waals surface area contributed by atoms with E-state index in [0.717, 1.165) is 25.2 Å². The molecule has 124 valence electrons. The SMILES string of the molecule is CCCCNC(=S)NCc1c(C)nn(Cc2ccccc2)c1C. The first-order chi connectivity index (χ1) is 11.1. The number of nitrogens with zero attached hydrogens (tertiary/aromatic N) is 2. The molecule has 1 aromatic carbocycles. The van der Waals surface area contributed by atoms with E-state index in [4.69, 9.17) is 12.2 Å². The zero-order chi connectivity index (χ0) is 16.7. The molecule has 0 unspecified atom stereocenters. The molecule has 0 saturated heterocycles. The van der Waals surface area contributed by atoms with Gasteiger partial charge in [-0.25, -0.2) is 0 Å². The molecule has 0 aliphatic rings. The average Bonchev–Trinajstić information content (AvgIpc) is 2.80. The molecule has 23 heavy (non-hydrogen) atoms. The second-order valence-corrected chi connectivity index (χ2v) is 6.16. The maximum Gasteiger partial charge on any atom is 0.166 e. The van der Waals surface area contributed by atoms with Crippen LogP contribution in [-0.2, 0) is 13.1 Å². The van der Waals surface area contributed by atoms with Crippen LogP contribution in [0.15, 0.2) is 30.3 Å². The number of hydrogen-bond acceptors (Lipinski definition) is 2. The number of unbranched alkanes of at least 4 members (excludes halogenated alkanes) is 1. The summed E-state index contributed by atoms with van der Waals surface area (Å²) < 4.78 is 2.06. The topological polar surface area (TPSA) is 41.9 Å². The highest BCUT2D eigenvalue weighted by atomic mass is 32.1. The minimum Gasteiger partial charge on any atom is -0.363 e. The Morgan fingerprint density at radius 3 is 2.61 bits per heavy atom. The summed E-state index contributed by atoms with van der Waals surface area (Å²) in [7, 11) is 0. The number of aromatic nitrogens is 2. The summed E-state index contributed by atoms with van der Waals surface area (Å²) >= 11 is 5.32. The summed E-state index contributed by atoms with van der Waals surface area (Å²) in [5, 5.41) is 11.9. The summed E-state index contributed by atoms with van der Waals surface area (Å²) in [5.74, 6) is 0. The number of aryl methyl sites for hydroxylation is 1. The zero-order valence-electron chi connectivity index (χ0n) is 14.2. The van der Waals surface area contributed by atoms with E-state index in [1.165, 1.54) is 23.2 Å². The molecule has 0 atom stereocenters. The number of thiocarbonyl (C=S) groups is 1. The molecule has 2 aromatic rings. The average molecular weight is 331 g/mol. The number of rotatable bonds is 7. The lowest BCUT2D eigenvalue weighted by atomic mass is 10.2. The number of hydrogen-bond donors (Lipinski definition) is 2. The lowest BCUT2D eigenvalue weighted by Crippen LogP contribution is -2.35. The quantitative estimate of drug-likeness (QED) is 0.604. The van der Waals surface area contributed by atoms with Crippen LogP contribution >= 0.6 is 12.2 Å². The highest BCUT2D eigenvalue weighted by molar-refractivity contribution is 7.80. The first kappa shape index (κ1) is 17.5. The van der Waals surface area contributed by atoms with Crippen molar-refractivity contribution in [2.24, 2.45) is 0 Å². The monoisotopic (exact) mass is 330 g/mol. The Labute approximate surface area is 144 Å². The predicted octanol–water partition coefficient (Wildman–Crippen LogP) is 3.31. The van der Waals surface area contributed by atoms with Crippen molar-refractivity contribution in [2.45, 2.75) is 46.7 Å². The highest BCUT2D eigenvalue weighted by Gasteiger charge is 2.11. The molecule has 0 aliphatic carbocycles. The molecule has 0 aliphatic heterocycles. The maximum absolute atomic E-state index is 5.32. The zero-order valence-corrected chi connectivity index (χ0v) is 15.0. The lowest BCUT2D eigenvalue weighted by molar-refractivity contribution is 0.657. The van der Waals surface area contributed by atoms with Gasteiger partial charge in [-0.2, -0.15) is 5.10 Å². The molecule has 1 heterocycles. The Bertz CT molecular complexity index is 634. The van der Waals surface area contributed by atoms with Gasteiger partial charge in [0.1, 0.15) is 0 Å². The molecule has 4 nitrogen and oxygen atoms in total. The van der Waals surface area contributed by atoms with Gasteiger partial charge in [0.05, 0.1) is 12.2 Å². The first-order valence-corrected chi connectivity index (χ1v) is 8.61. The van der Waals surface area contributed by atoms with Gasteiger partial charge in [-0.05, 0) is 38.0 Å². The van der Waals surface area contributed by atoms with Crippen LogP contribution in [0.25, 0.3) is 0 Å². The van der Waals surface area contributed by atoms with Gasteiger partial charge in [-0.15, -0.1) is 0 Å². The summed E-state index contributed by atoms with van der Waals surface area (Å²) in [6.45, 7) is 8.78. The molecule has 0 amide bonds. The van der Waals surface area contributed by atoms with Crippen molar-refractivity contribution in [1.82, 2.24) is 20.4 Å². The predicted molar refractivity (Wildman–Crippen MR) is 99.6 cm³/mol. The normalized spacial score (nSPS) is 10.6. The molecular weight excluding hydrogens is 304 g/mol. The summed E-state index contributed by atoms with van der Waals surface area (Å²) in [6, 6.07) is 10.4. The van der Waals surface area contributed by atoms with E-state index in [9.17, 15) is 0 Å². The van der Waals surface area contributed by atoms with E-state index in [2.05, 4.69) is 65.5 Å². The molecule has 2 rings (SSSR count). The minimum absolute atomic E-state index is 0.713. The van der Waals surface area contributed by atoms with E-state index >= 15 is 0 Å². The van der Waals surface area contributed by atoms with Crippen LogP contribution in [-0.4, -0.2) is 21.4 Å². The van der Waals surface area contributed by atoms with Crippen LogP contribution < -0.4 is 10.6 Å². The Morgan fingerprint density at radius 1 is 1.17 bits per heavy atom. The third-order valence-electron chi connectivity index (χ3n) is 3.95. The van der Waals surface area contributed by atoms with Crippen molar-refractivity contribution in [2.75, 3.05) is 6.54 Å². The Kier molecular flexibility index (Phi) is 6.59. The minimum atomic E-state index is 0.713. The standard InChI is InChI=1S/C18H26N4S/c1-4-5-11-19-18(23)20-12-17-14(2)21-22(15(17)3)13-16-9-7-6-8-10-16/h6-10H,4-5,11-13H2,1-3H3,(H2,19,20,23). The van der Waals surface area contributed by atoms with Gasteiger partial charge in [0, 0.05) is 24.3 Å². The van der Waals surface area contributed by atoms with Crippen LogP contribution in [0.5, 0.6) is 0 Å². The van der Waals surface area contributed by atoms with E-state index in [0.29, 0.717) is 11.7 Å². The van der Waals surface area contributed by atoms with Crippen molar-refractivity contribution >= 4 is 17.3 Å². The van der Waals surface area contributed by atoms with Crippen LogP contribution in [0.3, 0.4) is 0 Å². The Balaban J connectivity index is 1.96. The summed E-state index contributed by atoms with van der Waals surface area (Å²) in [5.41, 5.74) is 4.73. The molecule has 0 spiro atoms. The van der Waals surface area contributed by atoms with Crippen LogP contribution in [0.4, 0.5) is 0 Å². The van der Waals surface area contributed by atoms with E-state index in [1.54, 1.807) is 0 Å². The molecule has 1 aromatic heterocycles. The second-order valence-electron chi connectivity index (χ2n) is 5.76. The van der Waals surface area contributed by atoms with Gasteiger partial charge in [-0.3, -0.25) is 4.68 Å². The third kappa shape index (κ3) is 5.06. The molecule has 0 fully saturated rings. The number of nitrogens with one attached hydrogen (secondary N) is 2. The lowest BCUT2D eigenvalue weighted by Gasteiger charge is -2.10. The molecule has 5 heteroatoms. The molecule has 0 bridgehead atoms. The van der Waals surface area contributed by atoms with Crippen molar-refractivity contribution in [3.05, 3.63) is 52.8 Å². The van der Waals surface area contributed by atoms with Crippen molar-refractivity contribution in [3.63, 3.8) is 0 Å². The van der Waals surface area contributed by atoms with Crippen molar-refractivity contribution in [1.29, 1.82) is 0 Å². The molecule has 0 radical (unpaired) electrons. The Morgan fingerprint density at radius 2 is 1.91 bits per heavy atom. The van der Waals surface area contributed by atoms with Gasteiger partial charge in [-0.1, -0.05) is 43.7 Å². The second kappa shape index (κ2) is 8.67. The third-order valence-corrected chi connectivity index (χ3v) is 4.24. The first-order valence-electron chi connectivity index (χ1n) is 8.20. The molecule has 0 saturated carbocycles. The van der Waals surface area contributed by atoms with Crippen LogP contribution in [0.2, 0.25) is 0 Å². The molecule has 2 N–H and O–H groups in total. The van der Waals surface area contributed by atoms with Gasteiger partial charge in [0.2, 0.25) is 0 Å². The van der Waals surface area contributed by atoms with Crippen molar-refractivity contribution in [3.8, 4) is 0 Å². The fraction of sp³-hybridized carbons (Fsp3) is 0.444. The fourth-order valence-electron chi connectivity index (χ4n) is 2.51. The van der Waals surface area contributed by atoms with E-state index in [1.807, 2.05) is 6.07 Å². The smallest absolute Gasteiger partial charge is 0.166 e. The highest BCUT2D eigenvalue weighted by Crippen LogP contribution is 2.14. The van der Waals surface area contributed by atoms with Gasteiger partial charge >= 0.3 is 0 Å². The largest absolute Gasteiger partial charge is 0.363 e. The van der Waals surface area contributed by atoms with Crippen LogP contribution in [0, 0.1) is 13.8 Å². The van der Waals surface area contributed by atoms with Crippen molar-refractivity contribution < 1.29 is 0 Å². The maximum atomic E-state index is 5.32. The summed E-state index contributed by atoms with van der Waals surface area (Å²) in [4.78, 5) is 0. The summed E-state index contributed by atoms with van der Waals surface area (Å²) in [6.07, 6.45) is 2.30. The fourth-order valence-corrected chi connectivity index (χ4v) is 2.68. The van der Waals surface area contributed by atoms with Gasteiger partial charge in [0.25, 0.3) is 0 Å². The van der Waals surface area contributed by atoms with Gasteiger partial charge < -0.3 is 10.6 Å². The van der Waals surface area contributed by atoms with Crippen LogP contribution in [0.1, 0.15) is 42.3 Å². The van der Waals surface area contributed by atoms with E-state index < -0.39 is 0 Å².